The van der Waals surface area contributed by atoms with Gasteiger partial charge in [0.2, 0.25) is 0 Å². The first kappa shape index (κ1) is 17.5. The lowest BCUT2D eigenvalue weighted by Crippen LogP contribution is -2.21. The Morgan fingerprint density at radius 1 is 1.12 bits per heavy atom. The third kappa shape index (κ3) is 3.90. The molecule has 1 N–H and O–H groups in total. The number of rotatable bonds is 6. The lowest BCUT2D eigenvalue weighted by molar-refractivity contribution is -0.385. The summed E-state index contributed by atoms with van der Waals surface area (Å²) in [7, 11) is 0. The molecule has 0 atom stereocenters. The van der Waals surface area contributed by atoms with Crippen LogP contribution in [0.3, 0.4) is 0 Å². The van der Waals surface area contributed by atoms with Gasteiger partial charge in [0.25, 0.3) is 11.6 Å². The monoisotopic (exact) mass is 327 g/mol. The lowest BCUT2D eigenvalue weighted by atomic mass is 10.1. The Bertz CT molecular complexity index is 738. The van der Waals surface area contributed by atoms with Crippen molar-refractivity contribution in [2.75, 3.05) is 23.3 Å². The summed E-state index contributed by atoms with van der Waals surface area (Å²) in [5.41, 5.74) is 2.65. The summed E-state index contributed by atoms with van der Waals surface area (Å²) in [6.07, 6.45) is 0. The van der Waals surface area contributed by atoms with Crippen LogP contribution in [0.4, 0.5) is 17.1 Å². The van der Waals surface area contributed by atoms with E-state index in [1.165, 1.54) is 18.2 Å². The van der Waals surface area contributed by atoms with Crippen molar-refractivity contribution in [1.29, 1.82) is 0 Å². The van der Waals surface area contributed by atoms with Crippen LogP contribution in [-0.4, -0.2) is 23.9 Å². The Morgan fingerprint density at radius 3 is 2.25 bits per heavy atom. The van der Waals surface area contributed by atoms with Gasteiger partial charge in [-0.1, -0.05) is 0 Å². The number of nitrogens with one attached hydrogen (secondary N) is 1. The molecular weight excluding hydrogens is 306 g/mol. The van der Waals surface area contributed by atoms with E-state index in [-0.39, 0.29) is 11.6 Å². The van der Waals surface area contributed by atoms with Gasteiger partial charge in [-0.2, -0.15) is 0 Å². The van der Waals surface area contributed by atoms with E-state index in [0.717, 1.165) is 18.8 Å². The summed E-state index contributed by atoms with van der Waals surface area (Å²) in [6.45, 7) is 7.65. The molecule has 0 spiro atoms. The lowest BCUT2D eigenvalue weighted by Gasteiger charge is -2.21. The molecule has 0 radical (unpaired) electrons. The minimum atomic E-state index is -0.455. The van der Waals surface area contributed by atoms with Crippen LogP contribution in [-0.2, 0) is 0 Å². The first-order chi connectivity index (χ1) is 11.5. The zero-order valence-corrected chi connectivity index (χ0v) is 14.1. The van der Waals surface area contributed by atoms with Crippen LogP contribution in [0.25, 0.3) is 0 Å². The second-order valence-corrected chi connectivity index (χ2v) is 5.43. The molecule has 0 fully saturated rings. The first-order valence-corrected chi connectivity index (χ1v) is 7.87. The summed E-state index contributed by atoms with van der Waals surface area (Å²) in [4.78, 5) is 24.9. The zero-order valence-electron chi connectivity index (χ0n) is 14.1. The molecule has 0 aliphatic carbocycles. The number of hydrogen-bond donors (Lipinski definition) is 1. The van der Waals surface area contributed by atoms with Gasteiger partial charge in [0.15, 0.2) is 0 Å². The molecule has 0 aliphatic heterocycles. The van der Waals surface area contributed by atoms with Crippen LogP contribution in [0.5, 0.6) is 0 Å². The minimum absolute atomic E-state index is 0.00938. The topological polar surface area (TPSA) is 75.5 Å². The van der Waals surface area contributed by atoms with E-state index < -0.39 is 4.92 Å². The Labute approximate surface area is 141 Å². The molecule has 2 aromatic carbocycles. The summed E-state index contributed by atoms with van der Waals surface area (Å²) in [6, 6.07) is 12.0. The molecule has 1 amide bonds. The molecule has 0 saturated heterocycles. The molecule has 0 saturated carbocycles. The number of nitro benzene ring substituents is 1. The maximum absolute atomic E-state index is 12.3. The van der Waals surface area contributed by atoms with Crippen molar-refractivity contribution in [3.63, 3.8) is 0 Å². The number of carbonyl (C=O) groups excluding carboxylic acids is 1. The predicted octanol–water partition coefficient (Wildman–Crippen LogP) is 4.00. The number of nitro groups is 1. The van der Waals surface area contributed by atoms with Gasteiger partial charge in [-0.15, -0.1) is 0 Å². The molecule has 24 heavy (non-hydrogen) atoms. The standard InChI is InChI=1S/C18H21N3O3/c1-4-20(5-2)16-9-7-15(8-10-16)19-18(22)14-6-11-17(21(23)24)13(3)12-14/h6-12H,4-5H2,1-3H3,(H,19,22). The number of carbonyl (C=O) groups is 1. The van der Waals surface area contributed by atoms with Gasteiger partial charge >= 0.3 is 0 Å². The molecule has 0 unspecified atom stereocenters. The van der Waals surface area contributed by atoms with Gasteiger partial charge in [0, 0.05) is 41.7 Å². The number of aryl methyl sites for hydroxylation is 1. The second-order valence-electron chi connectivity index (χ2n) is 5.43. The third-order valence-corrected chi connectivity index (χ3v) is 3.91. The summed E-state index contributed by atoms with van der Waals surface area (Å²) < 4.78 is 0. The predicted molar refractivity (Wildman–Crippen MR) is 95.8 cm³/mol. The fourth-order valence-electron chi connectivity index (χ4n) is 2.55. The fraction of sp³-hybridized carbons (Fsp3) is 0.278. The number of benzene rings is 2. The molecule has 6 heteroatoms. The maximum atomic E-state index is 12.3. The average Bonchev–Trinajstić information content (AvgIpc) is 2.57. The fourth-order valence-corrected chi connectivity index (χ4v) is 2.55. The van der Waals surface area contributed by atoms with Crippen molar-refractivity contribution in [2.45, 2.75) is 20.8 Å². The second kappa shape index (κ2) is 7.59. The van der Waals surface area contributed by atoms with E-state index in [1.807, 2.05) is 24.3 Å². The van der Waals surface area contributed by atoms with Crippen LogP contribution < -0.4 is 10.2 Å². The van der Waals surface area contributed by atoms with Crippen LogP contribution >= 0.6 is 0 Å². The molecule has 0 bridgehead atoms. The molecule has 2 rings (SSSR count). The Balaban J connectivity index is 2.12. The van der Waals surface area contributed by atoms with Crippen LogP contribution in [0, 0.1) is 17.0 Å². The van der Waals surface area contributed by atoms with Gasteiger partial charge in [-0.25, -0.2) is 0 Å². The molecule has 0 heterocycles. The smallest absolute Gasteiger partial charge is 0.272 e. The van der Waals surface area contributed by atoms with E-state index >= 15 is 0 Å². The molecule has 6 nitrogen and oxygen atoms in total. The number of hydrogen-bond acceptors (Lipinski definition) is 4. The largest absolute Gasteiger partial charge is 0.372 e. The van der Waals surface area contributed by atoms with Crippen molar-refractivity contribution < 1.29 is 9.72 Å². The van der Waals surface area contributed by atoms with E-state index in [9.17, 15) is 14.9 Å². The SMILES string of the molecule is CCN(CC)c1ccc(NC(=O)c2ccc([N+](=O)[O-])c(C)c2)cc1. The first-order valence-electron chi connectivity index (χ1n) is 7.87. The van der Waals surface area contributed by atoms with Crippen molar-refractivity contribution in [3.8, 4) is 0 Å². The van der Waals surface area contributed by atoms with Crippen LogP contribution in [0.1, 0.15) is 29.8 Å². The Morgan fingerprint density at radius 2 is 1.75 bits per heavy atom. The minimum Gasteiger partial charge on any atom is -0.372 e. The number of nitrogens with zero attached hydrogens (tertiary/aromatic N) is 2. The van der Waals surface area contributed by atoms with E-state index in [4.69, 9.17) is 0 Å². The van der Waals surface area contributed by atoms with Crippen molar-refractivity contribution in [3.05, 3.63) is 63.7 Å². The van der Waals surface area contributed by atoms with E-state index in [0.29, 0.717) is 16.8 Å². The van der Waals surface area contributed by atoms with Crippen molar-refractivity contribution in [2.24, 2.45) is 0 Å². The highest BCUT2D eigenvalue weighted by molar-refractivity contribution is 6.04. The van der Waals surface area contributed by atoms with Gasteiger partial charge < -0.3 is 10.2 Å². The summed E-state index contributed by atoms with van der Waals surface area (Å²) in [5, 5.41) is 13.6. The maximum Gasteiger partial charge on any atom is 0.272 e. The number of amides is 1. The summed E-state index contributed by atoms with van der Waals surface area (Å²) in [5.74, 6) is -0.288. The van der Waals surface area contributed by atoms with Gasteiger partial charge in [-0.05, 0) is 57.2 Å². The summed E-state index contributed by atoms with van der Waals surface area (Å²) >= 11 is 0. The molecular formula is C18H21N3O3. The van der Waals surface area contributed by atoms with Gasteiger partial charge in [0.1, 0.15) is 0 Å². The van der Waals surface area contributed by atoms with E-state index in [2.05, 4.69) is 24.1 Å². The van der Waals surface area contributed by atoms with Gasteiger partial charge in [0.05, 0.1) is 4.92 Å². The molecule has 0 aliphatic rings. The molecule has 2 aromatic rings. The average molecular weight is 327 g/mol. The highest BCUT2D eigenvalue weighted by atomic mass is 16.6. The highest BCUT2D eigenvalue weighted by Gasteiger charge is 2.14. The highest BCUT2D eigenvalue weighted by Crippen LogP contribution is 2.21. The van der Waals surface area contributed by atoms with Gasteiger partial charge in [-0.3, -0.25) is 14.9 Å². The normalized spacial score (nSPS) is 10.3. The van der Waals surface area contributed by atoms with Crippen molar-refractivity contribution >= 4 is 23.0 Å². The zero-order chi connectivity index (χ0) is 17.7. The molecule has 0 aromatic heterocycles. The van der Waals surface area contributed by atoms with Crippen LogP contribution in [0.2, 0.25) is 0 Å². The van der Waals surface area contributed by atoms with Crippen molar-refractivity contribution in [1.82, 2.24) is 0 Å². The Hall–Kier alpha value is -2.89. The van der Waals surface area contributed by atoms with E-state index in [1.54, 1.807) is 6.92 Å². The molecule has 126 valence electrons. The van der Waals surface area contributed by atoms with Crippen LogP contribution in [0.15, 0.2) is 42.5 Å². The number of anilines is 2. The third-order valence-electron chi connectivity index (χ3n) is 3.91. The Kier molecular flexibility index (Phi) is 5.52. The quantitative estimate of drug-likeness (QED) is 0.642.